The first-order chi connectivity index (χ1) is 15.1. The van der Waals surface area contributed by atoms with Crippen molar-refractivity contribution in [3.63, 3.8) is 0 Å². The van der Waals surface area contributed by atoms with E-state index in [1.165, 1.54) is 42.4 Å². The molecule has 3 aromatic rings. The molecule has 0 fully saturated rings. The zero-order valence-electron chi connectivity index (χ0n) is 16.4. The number of rotatable bonds is 7. The van der Waals surface area contributed by atoms with E-state index in [-0.39, 0.29) is 27.8 Å². The molecule has 8 nitrogen and oxygen atoms in total. The average Bonchev–Trinajstić information content (AvgIpc) is 3.26. The number of carbonyl (C=O) groups excluding carboxylic acids is 2. The van der Waals surface area contributed by atoms with Gasteiger partial charge >= 0.3 is 6.18 Å². The normalized spacial score (nSPS) is 11.2. The molecule has 0 bridgehead atoms. The summed E-state index contributed by atoms with van der Waals surface area (Å²) in [7, 11) is 1.26. The summed E-state index contributed by atoms with van der Waals surface area (Å²) < 4.78 is 52.4. The first-order valence-corrected chi connectivity index (χ1v) is 9.29. The van der Waals surface area contributed by atoms with Crippen molar-refractivity contribution < 1.29 is 32.2 Å². The molecule has 2 amide bonds. The Morgan fingerprint density at radius 3 is 2.59 bits per heavy atom. The van der Waals surface area contributed by atoms with Crippen LogP contribution >= 0.6 is 11.6 Å². The number of amides is 2. The largest absolute Gasteiger partial charge is 0.493 e. The molecule has 0 saturated heterocycles. The maximum absolute atomic E-state index is 13.6. The van der Waals surface area contributed by atoms with E-state index in [0.29, 0.717) is 0 Å². The maximum Gasteiger partial charge on any atom is 0.418 e. The third-order valence-corrected chi connectivity index (χ3v) is 4.46. The maximum atomic E-state index is 13.6. The monoisotopic (exact) mass is 468 g/mol. The second kappa shape index (κ2) is 9.18. The zero-order chi connectivity index (χ0) is 23.5. The summed E-state index contributed by atoms with van der Waals surface area (Å²) in [5, 5.41) is 6.04. The van der Waals surface area contributed by atoms with Gasteiger partial charge in [0.1, 0.15) is 0 Å². The van der Waals surface area contributed by atoms with Crippen molar-refractivity contribution in [2.24, 2.45) is 5.73 Å². The number of aromatic nitrogens is 2. The van der Waals surface area contributed by atoms with Gasteiger partial charge in [0.05, 0.1) is 29.1 Å². The zero-order valence-corrected chi connectivity index (χ0v) is 17.2. The summed E-state index contributed by atoms with van der Waals surface area (Å²) in [5.41, 5.74) is 3.59. The van der Waals surface area contributed by atoms with Gasteiger partial charge in [0.25, 0.3) is 11.8 Å². The van der Waals surface area contributed by atoms with Gasteiger partial charge in [-0.25, -0.2) is 4.68 Å². The number of benzene rings is 2. The lowest BCUT2D eigenvalue weighted by atomic mass is 10.1. The smallest absolute Gasteiger partial charge is 0.418 e. The number of primary amides is 1. The molecule has 0 unspecified atom stereocenters. The van der Waals surface area contributed by atoms with Crippen molar-refractivity contribution in [1.82, 2.24) is 9.78 Å². The molecule has 12 heteroatoms. The summed E-state index contributed by atoms with van der Waals surface area (Å²) in [6.07, 6.45) is -1.83. The Labute approximate surface area is 184 Å². The number of alkyl halides is 3. The Kier molecular flexibility index (Phi) is 6.58. The summed E-state index contributed by atoms with van der Waals surface area (Å²) in [4.78, 5) is 23.6. The second-order valence-corrected chi connectivity index (χ2v) is 6.78. The lowest BCUT2D eigenvalue weighted by Gasteiger charge is -2.16. The minimum absolute atomic E-state index is 0.00558. The molecule has 0 radical (unpaired) electrons. The number of nitrogens with one attached hydrogen (secondary N) is 1. The Hall–Kier alpha value is -3.73. The van der Waals surface area contributed by atoms with E-state index >= 15 is 0 Å². The molecule has 0 atom stereocenters. The molecule has 0 aliphatic carbocycles. The number of nitrogens with two attached hydrogens (primary N) is 1. The molecule has 32 heavy (non-hydrogen) atoms. The van der Waals surface area contributed by atoms with E-state index in [4.69, 9.17) is 26.8 Å². The highest BCUT2D eigenvalue weighted by molar-refractivity contribution is 6.32. The number of hydrogen-bond acceptors (Lipinski definition) is 5. The fourth-order valence-electron chi connectivity index (χ4n) is 2.77. The van der Waals surface area contributed by atoms with Crippen molar-refractivity contribution in [3.8, 4) is 17.2 Å². The molecule has 168 valence electrons. The van der Waals surface area contributed by atoms with Gasteiger partial charge in [-0.3, -0.25) is 9.59 Å². The molecule has 0 spiro atoms. The molecular formula is C20H16ClF3N4O4. The number of anilines is 1. The van der Waals surface area contributed by atoms with E-state index in [2.05, 4.69) is 10.4 Å². The van der Waals surface area contributed by atoms with Crippen LogP contribution in [0.15, 0.2) is 48.8 Å². The summed E-state index contributed by atoms with van der Waals surface area (Å²) >= 11 is 6.10. The molecule has 3 N–H and O–H groups in total. The first kappa shape index (κ1) is 22.9. The van der Waals surface area contributed by atoms with Crippen molar-refractivity contribution in [1.29, 1.82) is 0 Å². The lowest BCUT2D eigenvalue weighted by Crippen LogP contribution is -2.20. The van der Waals surface area contributed by atoms with Crippen LogP contribution < -0.4 is 20.5 Å². The average molecular weight is 469 g/mol. The Bertz CT molecular complexity index is 1150. The van der Waals surface area contributed by atoms with Gasteiger partial charge in [0.2, 0.25) is 0 Å². The van der Waals surface area contributed by atoms with Crippen LogP contribution in [0.1, 0.15) is 15.9 Å². The van der Waals surface area contributed by atoms with E-state index in [1.54, 1.807) is 6.07 Å². The van der Waals surface area contributed by atoms with Crippen LogP contribution in [0.2, 0.25) is 5.02 Å². The van der Waals surface area contributed by atoms with Gasteiger partial charge in [-0.15, -0.1) is 0 Å². The van der Waals surface area contributed by atoms with Gasteiger partial charge in [0.15, 0.2) is 18.1 Å². The highest BCUT2D eigenvalue weighted by Crippen LogP contribution is 2.38. The fraction of sp³-hybridized carbons (Fsp3) is 0.150. The number of hydrogen-bond donors (Lipinski definition) is 2. The molecule has 2 aromatic carbocycles. The number of methoxy groups -OCH3 is 1. The predicted octanol–water partition coefficient (Wildman–Crippen LogP) is 3.67. The van der Waals surface area contributed by atoms with Crippen LogP contribution in [0.3, 0.4) is 0 Å². The number of carbonyl (C=O) groups is 2. The topological polar surface area (TPSA) is 108 Å². The van der Waals surface area contributed by atoms with Crippen LogP contribution in [-0.2, 0) is 11.0 Å². The molecule has 1 heterocycles. The lowest BCUT2D eigenvalue weighted by molar-refractivity contribution is -0.137. The van der Waals surface area contributed by atoms with Crippen LogP contribution in [0.5, 0.6) is 11.5 Å². The van der Waals surface area contributed by atoms with Crippen molar-refractivity contribution >= 4 is 29.1 Å². The molecule has 3 rings (SSSR count). The first-order valence-electron chi connectivity index (χ1n) is 8.91. The van der Waals surface area contributed by atoms with Gasteiger partial charge in [-0.2, -0.15) is 18.3 Å². The molecular weight excluding hydrogens is 453 g/mol. The fourth-order valence-corrected chi connectivity index (χ4v) is 3.03. The molecule has 0 aliphatic rings. The molecule has 0 aliphatic heterocycles. The van der Waals surface area contributed by atoms with Gasteiger partial charge < -0.3 is 20.5 Å². The van der Waals surface area contributed by atoms with Gasteiger partial charge in [0, 0.05) is 18.0 Å². The molecule has 0 saturated carbocycles. The summed E-state index contributed by atoms with van der Waals surface area (Å²) in [6, 6.07) is 7.32. The number of ether oxygens (including phenoxy) is 2. The highest BCUT2D eigenvalue weighted by Gasteiger charge is 2.34. The standard InChI is InChI=1S/C20H16ClF3N4O4/c1-31-16-8-11(7-14(21)18(16)32-10-17(25)29)19(30)27-15-4-3-12(28-6-2-5-26-28)9-13(15)20(22,23)24/h2-9H,10H2,1H3,(H2,25,29)(H,27,30). The molecule has 1 aromatic heterocycles. The van der Waals surface area contributed by atoms with Crippen LogP contribution in [0.25, 0.3) is 5.69 Å². The van der Waals surface area contributed by atoms with Crippen LogP contribution in [0, 0.1) is 0 Å². The minimum Gasteiger partial charge on any atom is -0.493 e. The van der Waals surface area contributed by atoms with Crippen LogP contribution in [0.4, 0.5) is 18.9 Å². The van der Waals surface area contributed by atoms with E-state index in [9.17, 15) is 22.8 Å². The van der Waals surface area contributed by atoms with E-state index in [1.807, 2.05) is 0 Å². The Morgan fingerprint density at radius 1 is 1.25 bits per heavy atom. The van der Waals surface area contributed by atoms with Crippen molar-refractivity contribution in [2.75, 3.05) is 19.0 Å². The van der Waals surface area contributed by atoms with Gasteiger partial charge in [-0.1, -0.05) is 11.6 Å². The quantitative estimate of drug-likeness (QED) is 0.550. The SMILES string of the molecule is COc1cc(C(=O)Nc2ccc(-n3cccn3)cc2C(F)(F)F)cc(Cl)c1OCC(N)=O. The number of halogens is 4. The number of nitrogens with zero attached hydrogens (tertiary/aromatic N) is 2. The Morgan fingerprint density at radius 2 is 2.00 bits per heavy atom. The van der Waals surface area contributed by atoms with E-state index < -0.39 is 35.8 Å². The predicted molar refractivity (Wildman–Crippen MR) is 109 cm³/mol. The second-order valence-electron chi connectivity index (χ2n) is 6.38. The van der Waals surface area contributed by atoms with E-state index in [0.717, 1.165) is 12.1 Å². The third-order valence-electron chi connectivity index (χ3n) is 4.18. The summed E-state index contributed by atoms with van der Waals surface area (Å²) in [5.74, 6) is -1.68. The van der Waals surface area contributed by atoms with Gasteiger partial charge in [-0.05, 0) is 36.4 Å². The minimum atomic E-state index is -4.74. The highest BCUT2D eigenvalue weighted by atomic mass is 35.5. The Balaban J connectivity index is 1.93. The van der Waals surface area contributed by atoms with Crippen molar-refractivity contribution in [2.45, 2.75) is 6.18 Å². The third kappa shape index (κ3) is 5.11. The van der Waals surface area contributed by atoms with Crippen molar-refractivity contribution in [3.05, 3.63) is 64.9 Å². The van der Waals surface area contributed by atoms with Crippen LogP contribution in [-0.4, -0.2) is 35.3 Å². The summed E-state index contributed by atoms with van der Waals surface area (Å²) in [6.45, 7) is -0.487.